The summed E-state index contributed by atoms with van der Waals surface area (Å²) in [6.45, 7) is 0. The van der Waals surface area contributed by atoms with Gasteiger partial charge in [-0.2, -0.15) is 5.10 Å². The Balaban J connectivity index is 1.47. The lowest BCUT2D eigenvalue weighted by Gasteiger charge is -2.05. The van der Waals surface area contributed by atoms with Crippen molar-refractivity contribution in [1.29, 1.82) is 0 Å². The van der Waals surface area contributed by atoms with Crippen molar-refractivity contribution in [3.05, 3.63) is 85.1 Å². The normalized spacial score (nSPS) is 11.1. The van der Waals surface area contributed by atoms with E-state index in [0.717, 1.165) is 22.2 Å². The molecule has 1 N–H and O–H groups in total. The molecule has 6 heteroatoms. The van der Waals surface area contributed by atoms with Gasteiger partial charge in [0.25, 0.3) is 0 Å². The van der Waals surface area contributed by atoms with E-state index in [1.54, 1.807) is 23.3 Å². The van der Waals surface area contributed by atoms with Crippen LogP contribution in [0.15, 0.2) is 79.5 Å². The van der Waals surface area contributed by atoms with Crippen molar-refractivity contribution in [2.75, 3.05) is 5.32 Å². The van der Waals surface area contributed by atoms with Crippen LogP contribution in [0.4, 0.5) is 5.69 Å². The number of carbonyl (C=O) groups excluding carboxylic acids is 1. The van der Waals surface area contributed by atoms with E-state index in [2.05, 4.69) is 20.4 Å². The zero-order valence-corrected chi connectivity index (χ0v) is 13.8. The van der Waals surface area contributed by atoms with Crippen LogP contribution in [0.5, 0.6) is 0 Å². The molecular formula is C20H15N5O. The Morgan fingerprint density at radius 2 is 1.88 bits per heavy atom. The quantitative estimate of drug-likeness (QED) is 0.577. The van der Waals surface area contributed by atoms with Crippen LogP contribution in [0.25, 0.3) is 22.7 Å². The third-order valence-corrected chi connectivity index (χ3v) is 3.90. The van der Waals surface area contributed by atoms with Gasteiger partial charge in [0.15, 0.2) is 0 Å². The molecular weight excluding hydrogens is 326 g/mol. The van der Waals surface area contributed by atoms with Gasteiger partial charge in [-0.15, -0.1) is 0 Å². The maximum atomic E-state index is 12.2. The molecule has 4 rings (SSSR count). The van der Waals surface area contributed by atoms with E-state index in [1.165, 1.54) is 12.4 Å². The molecule has 126 valence electrons. The van der Waals surface area contributed by atoms with E-state index in [1.807, 2.05) is 54.6 Å². The minimum absolute atomic E-state index is 0.202. The van der Waals surface area contributed by atoms with Gasteiger partial charge >= 0.3 is 0 Å². The highest BCUT2D eigenvalue weighted by atomic mass is 16.1. The lowest BCUT2D eigenvalue weighted by Crippen LogP contribution is -2.07. The number of nitrogens with one attached hydrogen (secondary N) is 1. The standard InChI is InChI=1S/C20H15N5O/c26-19(11-6-16-4-1-3-15-5-2-12-22-20(15)16)24-17-7-9-18(10-8-17)25-14-21-13-23-25/h1-14H,(H,24,26)/b11-6+. The van der Waals surface area contributed by atoms with Gasteiger partial charge in [0.2, 0.25) is 5.91 Å². The molecule has 0 bridgehead atoms. The molecule has 2 aromatic heterocycles. The Morgan fingerprint density at radius 1 is 1.04 bits per heavy atom. The first-order valence-electron chi connectivity index (χ1n) is 8.07. The van der Waals surface area contributed by atoms with Crippen LogP contribution >= 0.6 is 0 Å². The van der Waals surface area contributed by atoms with Gasteiger partial charge in [-0.3, -0.25) is 9.78 Å². The highest BCUT2D eigenvalue weighted by Crippen LogP contribution is 2.17. The maximum absolute atomic E-state index is 12.2. The molecule has 0 radical (unpaired) electrons. The van der Waals surface area contributed by atoms with Crippen molar-refractivity contribution >= 4 is 28.6 Å². The molecule has 0 aliphatic rings. The first-order valence-corrected chi connectivity index (χ1v) is 8.07. The highest BCUT2D eigenvalue weighted by molar-refractivity contribution is 6.03. The number of fused-ring (bicyclic) bond motifs is 1. The Morgan fingerprint density at radius 3 is 2.69 bits per heavy atom. The van der Waals surface area contributed by atoms with Crippen LogP contribution in [-0.2, 0) is 4.79 Å². The third-order valence-electron chi connectivity index (χ3n) is 3.90. The molecule has 0 saturated carbocycles. The fourth-order valence-corrected chi connectivity index (χ4v) is 2.65. The summed E-state index contributed by atoms with van der Waals surface area (Å²) >= 11 is 0. The zero-order chi connectivity index (χ0) is 17.8. The van der Waals surface area contributed by atoms with Gasteiger partial charge in [-0.05, 0) is 36.4 Å². The van der Waals surface area contributed by atoms with Gasteiger partial charge in [0.05, 0.1) is 11.2 Å². The Hall–Kier alpha value is -3.80. The molecule has 0 saturated heterocycles. The number of pyridine rings is 1. The number of amides is 1. The first-order chi connectivity index (χ1) is 12.8. The van der Waals surface area contributed by atoms with Crippen LogP contribution in [0.1, 0.15) is 5.56 Å². The molecule has 4 aromatic rings. The number of benzene rings is 2. The molecule has 2 heterocycles. The number of carbonyl (C=O) groups is 1. The van der Waals surface area contributed by atoms with Gasteiger partial charge in [-0.1, -0.05) is 24.3 Å². The van der Waals surface area contributed by atoms with Crippen LogP contribution in [0.2, 0.25) is 0 Å². The number of anilines is 1. The van der Waals surface area contributed by atoms with Crippen LogP contribution in [0, 0.1) is 0 Å². The Labute approximate surface area is 149 Å². The molecule has 0 fully saturated rings. The smallest absolute Gasteiger partial charge is 0.248 e. The summed E-state index contributed by atoms with van der Waals surface area (Å²) in [5, 5.41) is 7.95. The van der Waals surface area contributed by atoms with Crippen molar-refractivity contribution < 1.29 is 4.79 Å². The number of hydrogen-bond donors (Lipinski definition) is 1. The lowest BCUT2D eigenvalue weighted by atomic mass is 10.1. The summed E-state index contributed by atoms with van der Waals surface area (Å²) in [6, 6.07) is 17.1. The van der Waals surface area contributed by atoms with E-state index < -0.39 is 0 Å². The number of para-hydroxylation sites is 1. The summed E-state index contributed by atoms with van der Waals surface area (Å²) in [7, 11) is 0. The molecule has 0 aliphatic heterocycles. The van der Waals surface area contributed by atoms with Crippen molar-refractivity contribution in [1.82, 2.24) is 19.7 Å². The summed E-state index contributed by atoms with van der Waals surface area (Å²) in [4.78, 5) is 20.5. The Kier molecular flexibility index (Phi) is 4.22. The second-order valence-corrected chi connectivity index (χ2v) is 5.63. The maximum Gasteiger partial charge on any atom is 0.248 e. The number of nitrogens with zero attached hydrogens (tertiary/aromatic N) is 4. The fourth-order valence-electron chi connectivity index (χ4n) is 2.65. The Bertz CT molecular complexity index is 1060. The van der Waals surface area contributed by atoms with Gasteiger partial charge in [0, 0.05) is 28.9 Å². The van der Waals surface area contributed by atoms with Crippen LogP contribution < -0.4 is 5.32 Å². The predicted molar refractivity (Wildman–Crippen MR) is 101 cm³/mol. The summed E-state index contributed by atoms with van der Waals surface area (Å²) in [5.74, 6) is -0.202. The van der Waals surface area contributed by atoms with E-state index in [0.29, 0.717) is 5.69 Å². The zero-order valence-electron chi connectivity index (χ0n) is 13.8. The van der Waals surface area contributed by atoms with E-state index in [4.69, 9.17) is 0 Å². The average Bonchev–Trinajstić information content (AvgIpc) is 3.22. The topological polar surface area (TPSA) is 72.7 Å². The third kappa shape index (κ3) is 3.34. The van der Waals surface area contributed by atoms with Crippen molar-refractivity contribution in [2.24, 2.45) is 0 Å². The van der Waals surface area contributed by atoms with E-state index in [9.17, 15) is 4.79 Å². The SMILES string of the molecule is O=C(/C=C/c1cccc2cccnc12)Nc1ccc(-n2cncn2)cc1. The highest BCUT2D eigenvalue weighted by Gasteiger charge is 2.02. The van der Waals surface area contributed by atoms with Gasteiger partial charge in [0.1, 0.15) is 12.7 Å². The first kappa shape index (κ1) is 15.7. The second kappa shape index (κ2) is 6.98. The van der Waals surface area contributed by atoms with Crippen LogP contribution in [0.3, 0.4) is 0 Å². The number of aromatic nitrogens is 4. The van der Waals surface area contributed by atoms with Gasteiger partial charge in [-0.25, -0.2) is 9.67 Å². The molecule has 0 atom stereocenters. The molecule has 0 aliphatic carbocycles. The van der Waals surface area contributed by atoms with E-state index in [-0.39, 0.29) is 5.91 Å². The number of rotatable bonds is 4. The molecule has 0 unspecified atom stereocenters. The second-order valence-electron chi connectivity index (χ2n) is 5.63. The molecule has 26 heavy (non-hydrogen) atoms. The van der Waals surface area contributed by atoms with Crippen molar-refractivity contribution in [3.63, 3.8) is 0 Å². The van der Waals surface area contributed by atoms with Crippen LogP contribution in [-0.4, -0.2) is 25.7 Å². The fraction of sp³-hybridized carbons (Fsp3) is 0. The van der Waals surface area contributed by atoms with Gasteiger partial charge < -0.3 is 5.32 Å². The van der Waals surface area contributed by atoms with E-state index >= 15 is 0 Å². The average molecular weight is 341 g/mol. The minimum atomic E-state index is -0.202. The molecule has 6 nitrogen and oxygen atoms in total. The predicted octanol–water partition coefficient (Wildman–Crippen LogP) is 3.47. The lowest BCUT2D eigenvalue weighted by molar-refractivity contribution is -0.111. The largest absolute Gasteiger partial charge is 0.323 e. The minimum Gasteiger partial charge on any atom is -0.323 e. The van der Waals surface area contributed by atoms with Crippen molar-refractivity contribution in [2.45, 2.75) is 0 Å². The monoisotopic (exact) mass is 341 g/mol. The molecule has 2 aromatic carbocycles. The summed E-state index contributed by atoms with van der Waals surface area (Å²) in [5.41, 5.74) is 3.36. The molecule has 0 spiro atoms. The molecule has 1 amide bonds. The number of hydrogen-bond acceptors (Lipinski definition) is 4. The summed E-state index contributed by atoms with van der Waals surface area (Å²) < 4.78 is 1.65. The van der Waals surface area contributed by atoms with Crippen molar-refractivity contribution in [3.8, 4) is 5.69 Å². The summed E-state index contributed by atoms with van der Waals surface area (Å²) in [6.07, 6.45) is 8.12.